The van der Waals surface area contributed by atoms with E-state index in [1.165, 1.54) is 11.3 Å². The molecule has 0 bridgehead atoms. The molecule has 5 nitrogen and oxygen atoms in total. The minimum atomic E-state index is -0.174. The lowest BCUT2D eigenvalue weighted by Gasteiger charge is -2.04. The minimum Gasteiger partial charge on any atom is -0.497 e. The van der Waals surface area contributed by atoms with Crippen LogP contribution in [0.4, 0.5) is 0 Å². The van der Waals surface area contributed by atoms with Gasteiger partial charge in [-0.25, -0.2) is 0 Å². The van der Waals surface area contributed by atoms with Crippen molar-refractivity contribution >= 4 is 43.4 Å². The standard InChI is InChI=1S/C19H19BrN2O3S/c1-24-10-9-22-16-8-5-14(20)12-17(16)26-19(22)21-18(23)11-13-3-6-15(25-2)7-4-13/h3-8,12H,9-11H2,1-2H3. The van der Waals surface area contributed by atoms with Crippen LogP contribution in [0.3, 0.4) is 0 Å². The molecule has 0 saturated carbocycles. The summed E-state index contributed by atoms with van der Waals surface area (Å²) in [6.45, 7) is 1.20. The number of rotatable bonds is 6. The van der Waals surface area contributed by atoms with Crippen LogP contribution in [0.1, 0.15) is 5.56 Å². The molecule has 1 aromatic heterocycles. The molecule has 136 valence electrons. The maximum Gasteiger partial charge on any atom is 0.252 e. The number of fused-ring (bicyclic) bond motifs is 1. The van der Waals surface area contributed by atoms with Crippen molar-refractivity contribution in [3.8, 4) is 5.75 Å². The van der Waals surface area contributed by atoms with Gasteiger partial charge in [0.1, 0.15) is 5.75 Å². The van der Waals surface area contributed by atoms with Gasteiger partial charge >= 0.3 is 0 Å². The highest BCUT2D eigenvalue weighted by Crippen LogP contribution is 2.22. The molecule has 1 amide bonds. The molecule has 2 aromatic carbocycles. The van der Waals surface area contributed by atoms with E-state index in [0.717, 1.165) is 26.0 Å². The molecule has 1 heterocycles. The van der Waals surface area contributed by atoms with Crippen molar-refractivity contribution in [3.05, 3.63) is 57.3 Å². The second-order valence-corrected chi connectivity index (χ2v) is 7.60. The smallest absolute Gasteiger partial charge is 0.252 e. The predicted molar refractivity (Wildman–Crippen MR) is 107 cm³/mol. The lowest BCUT2D eigenvalue weighted by molar-refractivity contribution is -0.117. The quantitative estimate of drug-likeness (QED) is 0.592. The largest absolute Gasteiger partial charge is 0.497 e. The molecule has 0 aliphatic heterocycles. The van der Waals surface area contributed by atoms with Crippen LogP contribution in [0, 0.1) is 0 Å². The van der Waals surface area contributed by atoms with Gasteiger partial charge in [-0.15, -0.1) is 0 Å². The normalized spacial score (nSPS) is 11.9. The Labute approximate surface area is 164 Å². The fourth-order valence-electron chi connectivity index (χ4n) is 2.60. The topological polar surface area (TPSA) is 52.8 Å². The van der Waals surface area contributed by atoms with E-state index in [2.05, 4.69) is 20.9 Å². The first-order valence-corrected chi connectivity index (χ1v) is 9.70. The lowest BCUT2D eigenvalue weighted by atomic mass is 10.1. The van der Waals surface area contributed by atoms with Gasteiger partial charge in [-0.05, 0) is 35.9 Å². The molecule has 0 atom stereocenters. The number of ether oxygens (including phenoxy) is 2. The predicted octanol–water partition coefficient (Wildman–Crippen LogP) is 3.79. The van der Waals surface area contributed by atoms with Gasteiger partial charge < -0.3 is 14.0 Å². The molecule has 7 heteroatoms. The van der Waals surface area contributed by atoms with Gasteiger partial charge in [0, 0.05) is 18.1 Å². The maximum absolute atomic E-state index is 12.5. The highest BCUT2D eigenvalue weighted by atomic mass is 79.9. The van der Waals surface area contributed by atoms with E-state index in [1.54, 1.807) is 14.2 Å². The Morgan fingerprint density at radius 1 is 1.19 bits per heavy atom. The van der Waals surface area contributed by atoms with Gasteiger partial charge in [0.25, 0.3) is 5.91 Å². The van der Waals surface area contributed by atoms with Crippen LogP contribution in [-0.4, -0.2) is 31.3 Å². The number of halogens is 1. The average molecular weight is 435 g/mol. The second kappa shape index (κ2) is 8.62. The molecule has 0 saturated heterocycles. The number of thiazole rings is 1. The molecule has 0 spiro atoms. The molecular weight excluding hydrogens is 416 g/mol. The molecular formula is C19H19BrN2O3S. The minimum absolute atomic E-state index is 0.174. The summed E-state index contributed by atoms with van der Waals surface area (Å²) in [5.74, 6) is 0.595. The summed E-state index contributed by atoms with van der Waals surface area (Å²) >= 11 is 4.99. The third-order valence-corrected chi connectivity index (χ3v) is 5.43. The summed E-state index contributed by atoms with van der Waals surface area (Å²) < 4.78 is 14.4. The zero-order valence-electron chi connectivity index (χ0n) is 14.6. The second-order valence-electron chi connectivity index (χ2n) is 5.67. The van der Waals surface area contributed by atoms with Crippen LogP contribution in [-0.2, 0) is 22.5 Å². The van der Waals surface area contributed by atoms with Crippen molar-refractivity contribution in [1.82, 2.24) is 4.57 Å². The third kappa shape index (κ3) is 4.41. The summed E-state index contributed by atoms with van der Waals surface area (Å²) in [5.41, 5.74) is 1.96. The van der Waals surface area contributed by atoms with Crippen molar-refractivity contribution in [1.29, 1.82) is 0 Å². The van der Waals surface area contributed by atoms with Gasteiger partial charge in [0.15, 0.2) is 4.80 Å². The van der Waals surface area contributed by atoms with Gasteiger partial charge in [-0.3, -0.25) is 4.79 Å². The van der Waals surface area contributed by atoms with Crippen molar-refractivity contribution in [3.63, 3.8) is 0 Å². The summed E-state index contributed by atoms with van der Waals surface area (Å²) in [6, 6.07) is 13.5. The summed E-state index contributed by atoms with van der Waals surface area (Å²) in [4.78, 5) is 17.5. The van der Waals surface area contributed by atoms with Crippen molar-refractivity contribution in [2.75, 3.05) is 20.8 Å². The molecule has 0 unspecified atom stereocenters. The molecule has 3 aromatic rings. The van der Waals surface area contributed by atoms with E-state index in [9.17, 15) is 4.79 Å². The average Bonchev–Trinajstić information content (AvgIpc) is 2.96. The Bertz CT molecular complexity index is 977. The summed E-state index contributed by atoms with van der Waals surface area (Å²) in [6.07, 6.45) is 0.256. The number of amides is 1. The van der Waals surface area contributed by atoms with E-state index in [1.807, 2.05) is 47.0 Å². The Morgan fingerprint density at radius 2 is 1.96 bits per heavy atom. The molecule has 0 radical (unpaired) electrons. The Morgan fingerprint density at radius 3 is 2.65 bits per heavy atom. The molecule has 0 aliphatic rings. The van der Waals surface area contributed by atoms with Gasteiger partial charge in [-0.1, -0.05) is 39.4 Å². The molecule has 26 heavy (non-hydrogen) atoms. The fraction of sp³-hybridized carbons (Fsp3) is 0.263. The van der Waals surface area contributed by atoms with Crippen LogP contribution < -0.4 is 9.54 Å². The van der Waals surface area contributed by atoms with Crippen LogP contribution in [0.15, 0.2) is 51.9 Å². The Balaban J connectivity index is 1.92. The first-order valence-electron chi connectivity index (χ1n) is 8.09. The van der Waals surface area contributed by atoms with Crippen molar-refractivity contribution < 1.29 is 14.3 Å². The highest BCUT2D eigenvalue weighted by molar-refractivity contribution is 9.10. The van der Waals surface area contributed by atoms with Crippen molar-refractivity contribution in [2.45, 2.75) is 13.0 Å². The number of nitrogens with zero attached hydrogens (tertiary/aromatic N) is 2. The fourth-order valence-corrected chi connectivity index (χ4v) is 4.22. The number of hydrogen-bond acceptors (Lipinski definition) is 4. The molecule has 3 rings (SSSR count). The zero-order chi connectivity index (χ0) is 18.5. The first kappa shape index (κ1) is 18.8. The van der Waals surface area contributed by atoms with Crippen LogP contribution in [0.25, 0.3) is 10.2 Å². The molecule has 0 aliphatic carbocycles. The summed E-state index contributed by atoms with van der Waals surface area (Å²) in [7, 11) is 3.28. The van der Waals surface area contributed by atoms with E-state index in [4.69, 9.17) is 9.47 Å². The number of methoxy groups -OCH3 is 2. The van der Waals surface area contributed by atoms with Gasteiger partial charge in [0.2, 0.25) is 0 Å². The molecule has 0 N–H and O–H groups in total. The Kier molecular flexibility index (Phi) is 6.24. The van der Waals surface area contributed by atoms with Crippen molar-refractivity contribution in [2.24, 2.45) is 4.99 Å². The lowest BCUT2D eigenvalue weighted by Crippen LogP contribution is -2.19. The Hall–Kier alpha value is -1.96. The summed E-state index contributed by atoms with van der Waals surface area (Å²) in [5, 5.41) is 0. The highest BCUT2D eigenvalue weighted by Gasteiger charge is 2.09. The number of aromatic nitrogens is 1. The number of carbonyl (C=O) groups is 1. The van der Waals surface area contributed by atoms with Crippen LogP contribution in [0.2, 0.25) is 0 Å². The van der Waals surface area contributed by atoms with Crippen LogP contribution in [0.5, 0.6) is 5.75 Å². The van der Waals surface area contributed by atoms with Gasteiger partial charge in [-0.2, -0.15) is 4.99 Å². The van der Waals surface area contributed by atoms with Gasteiger partial charge in [0.05, 0.1) is 30.4 Å². The van der Waals surface area contributed by atoms with E-state index in [-0.39, 0.29) is 12.3 Å². The number of benzene rings is 2. The number of hydrogen-bond donors (Lipinski definition) is 0. The van der Waals surface area contributed by atoms with E-state index >= 15 is 0 Å². The van der Waals surface area contributed by atoms with E-state index < -0.39 is 0 Å². The van der Waals surface area contributed by atoms with Crippen LogP contribution >= 0.6 is 27.3 Å². The van der Waals surface area contributed by atoms with E-state index in [0.29, 0.717) is 18.0 Å². The number of carbonyl (C=O) groups excluding carboxylic acids is 1. The first-order chi connectivity index (χ1) is 12.6. The zero-order valence-corrected chi connectivity index (χ0v) is 17.0. The third-order valence-electron chi connectivity index (χ3n) is 3.90. The monoisotopic (exact) mass is 434 g/mol. The molecule has 0 fully saturated rings. The maximum atomic E-state index is 12.5. The SMILES string of the molecule is COCCn1c(=NC(=O)Cc2ccc(OC)cc2)sc2cc(Br)ccc21.